The van der Waals surface area contributed by atoms with Gasteiger partial charge in [0, 0.05) is 14.1 Å². The minimum atomic E-state index is -3.27. The second-order valence-corrected chi connectivity index (χ2v) is 9.15. The number of fused-ring (bicyclic) bond motifs is 1. The lowest BCUT2D eigenvalue weighted by molar-refractivity contribution is 0.387. The predicted octanol–water partition coefficient (Wildman–Crippen LogP) is 2.77. The maximum Gasteiger partial charge on any atom is 0.214 e. The average molecular weight is 323 g/mol. The minimum Gasteiger partial charge on any atom is -0.330 e. The van der Waals surface area contributed by atoms with Crippen LogP contribution in [0.5, 0.6) is 0 Å². The van der Waals surface area contributed by atoms with E-state index in [9.17, 15) is 8.42 Å². The van der Waals surface area contributed by atoms with Gasteiger partial charge in [-0.15, -0.1) is 0 Å². The summed E-state index contributed by atoms with van der Waals surface area (Å²) in [4.78, 5) is 4.53. The van der Waals surface area contributed by atoms with E-state index in [1.54, 1.807) is 7.05 Å². The van der Waals surface area contributed by atoms with E-state index in [4.69, 9.17) is 0 Å². The molecular formula is C16H25N3O2S. The molecule has 0 amide bonds. The number of imidazole rings is 1. The second-order valence-electron chi connectivity index (χ2n) is 6.96. The van der Waals surface area contributed by atoms with Crippen molar-refractivity contribution in [2.75, 3.05) is 12.8 Å². The fraction of sp³-hybridized carbons (Fsp3) is 0.562. The van der Waals surface area contributed by atoms with Crippen LogP contribution in [0.25, 0.3) is 11.0 Å². The highest BCUT2D eigenvalue weighted by atomic mass is 32.2. The van der Waals surface area contributed by atoms with E-state index in [0.717, 1.165) is 16.9 Å². The largest absolute Gasteiger partial charge is 0.330 e. The number of nitrogens with zero attached hydrogens (tertiary/aromatic N) is 3. The van der Waals surface area contributed by atoms with Crippen LogP contribution in [0.3, 0.4) is 0 Å². The Bertz CT molecular complexity index is 757. The SMILES string of the molecule is CN(Cc1nc2ccccc2n1C)S(=O)(=O)CCC(C)(C)C. The summed E-state index contributed by atoms with van der Waals surface area (Å²) in [7, 11) is 0.273. The molecule has 122 valence electrons. The lowest BCUT2D eigenvalue weighted by Crippen LogP contribution is -2.31. The molecule has 6 heteroatoms. The van der Waals surface area contributed by atoms with Gasteiger partial charge in [0.1, 0.15) is 5.82 Å². The van der Waals surface area contributed by atoms with Crippen molar-refractivity contribution in [1.29, 1.82) is 0 Å². The molecule has 0 fully saturated rings. The van der Waals surface area contributed by atoms with Gasteiger partial charge in [0.2, 0.25) is 10.0 Å². The molecule has 0 bridgehead atoms. The molecule has 0 saturated carbocycles. The van der Waals surface area contributed by atoms with Crippen LogP contribution in [0, 0.1) is 5.41 Å². The summed E-state index contributed by atoms with van der Waals surface area (Å²) in [6.07, 6.45) is 0.641. The molecule has 0 N–H and O–H groups in total. The van der Waals surface area contributed by atoms with Crippen LogP contribution in [0.2, 0.25) is 0 Å². The molecule has 0 aliphatic heterocycles. The van der Waals surface area contributed by atoms with E-state index < -0.39 is 10.0 Å². The van der Waals surface area contributed by atoms with Crippen molar-refractivity contribution in [2.24, 2.45) is 12.5 Å². The molecule has 2 rings (SSSR count). The van der Waals surface area contributed by atoms with E-state index in [-0.39, 0.29) is 17.7 Å². The van der Waals surface area contributed by atoms with E-state index in [1.807, 2.05) is 56.7 Å². The van der Waals surface area contributed by atoms with Crippen molar-refractivity contribution in [3.8, 4) is 0 Å². The van der Waals surface area contributed by atoms with Crippen molar-refractivity contribution in [1.82, 2.24) is 13.9 Å². The molecule has 0 saturated heterocycles. The number of hydrogen-bond donors (Lipinski definition) is 0. The third-order valence-electron chi connectivity index (χ3n) is 3.83. The molecule has 5 nitrogen and oxygen atoms in total. The third-order valence-corrected chi connectivity index (χ3v) is 5.63. The minimum absolute atomic E-state index is 0.00577. The fourth-order valence-electron chi connectivity index (χ4n) is 2.23. The van der Waals surface area contributed by atoms with Crippen molar-refractivity contribution < 1.29 is 8.42 Å². The average Bonchev–Trinajstić information content (AvgIpc) is 2.73. The molecule has 0 spiro atoms. The lowest BCUT2D eigenvalue weighted by Gasteiger charge is -2.21. The molecule has 0 unspecified atom stereocenters. The fourth-order valence-corrected chi connectivity index (χ4v) is 3.72. The van der Waals surface area contributed by atoms with Gasteiger partial charge in [0.25, 0.3) is 0 Å². The topological polar surface area (TPSA) is 55.2 Å². The van der Waals surface area contributed by atoms with Crippen LogP contribution in [-0.2, 0) is 23.6 Å². The normalized spacial score (nSPS) is 13.2. The van der Waals surface area contributed by atoms with Gasteiger partial charge in [0.05, 0.1) is 23.3 Å². The first-order chi connectivity index (χ1) is 10.1. The van der Waals surface area contributed by atoms with Crippen LogP contribution in [0.1, 0.15) is 33.0 Å². The highest BCUT2D eigenvalue weighted by Crippen LogP contribution is 2.21. The molecule has 22 heavy (non-hydrogen) atoms. The number of para-hydroxylation sites is 2. The number of aromatic nitrogens is 2. The molecule has 0 atom stereocenters. The van der Waals surface area contributed by atoms with Crippen molar-refractivity contribution >= 4 is 21.1 Å². The first-order valence-electron chi connectivity index (χ1n) is 7.44. The van der Waals surface area contributed by atoms with Gasteiger partial charge < -0.3 is 4.57 Å². The van der Waals surface area contributed by atoms with Gasteiger partial charge in [-0.05, 0) is 24.0 Å². The molecule has 1 aromatic carbocycles. The van der Waals surface area contributed by atoms with E-state index in [0.29, 0.717) is 6.42 Å². The van der Waals surface area contributed by atoms with E-state index in [1.165, 1.54) is 4.31 Å². The summed E-state index contributed by atoms with van der Waals surface area (Å²) in [6.45, 7) is 6.44. The Hall–Kier alpha value is -1.40. The molecule has 1 aromatic heterocycles. The Morgan fingerprint density at radius 1 is 1.23 bits per heavy atom. The van der Waals surface area contributed by atoms with Crippen molar-refractivity contribution in [3.05, 3.63) is 30.1 Å². The van der Waals surface area contributed by atoms with Gasteiger partial charge in [-0.3, -0.25) is 0 Å². The van der Waals surface area contributed by atoms with E-state index >= 15 is 0 Å². The summed E-state index contributed by atoms with van der Waals surface area (Å²) < 4.78 is 28.1. The Kier molecular flexibility index (Phi) is 4.63. The maximum absolute atomic E-state index is 12.4. The zero-order chi connectivity index (χ0) is 16.5. The third kappa shape index (κ3) is 3.87. The van der Waals surface area contributed by atoms with Crippen LogP contribution in [0.15, 0.2) is 24.3 Å². The Labute approximate surface area is 133 Å². The van der Waals surface area contributed by atoms with Crippen LogP contribution >= 0.6 is 0 Å². The predicted molar refractivity (Wildman–Crippen MR) is 90.0 cm³/mol. The monoisotopic (exact) mass is 323 g/mol. The van der Waals surface area contributed by atoms with Crippen molar-refractivity contribution in [2.45, 2.75) is 33.7 Å². The number of hydrogen-bond acceptors (Lipinski definition) is 3. The van der Waals surface area contributed by atoms with Crippen LogP contribution < -0.4 is 0 Å². The highest BCUT2D eigenvalue weighted by Gasteiger charge is 2.23. The standard InChI is InChI=1S/C16H25N3O2S/c1-16(2,3)10-11-22(20,21)18(4)12-15-17-13-8-6-7-9-14(13)19(15)5/h6-9H,10-12H2,1-5H3. The summed E-state index contributed by atoms with van der Waals surface area (Å²) in [5.74, 6) is 0.916. The number of rotatable bonds is 5. The van der Waals surface area contributed by atoms with Gasteiger partial charge >= 0.3 is 0 Å². The molecular weight excluding hydrogens is 298 g/mol. The molecule has 0 aliphatic rings. The summed E-state index contributed by atoms with van der Waals surface area (Å²) >= 11 is 0. The van der Waals surface area contributed by atoms with Gasteiger partial charge in [-0.1, -0.05) is 32.9 Å². The van der Waals surface area contributed by atoms with E-state index in [2.05, 4.69) is 4.98 Å². The molecule has 2 aromatic rings. The smallest absolute Gasteiger partial charge is 0.214 e. The maximum atomic E-state index is 12.4. The summed E-state index contributed by atoms with van der Waals surface area (Å²) in [5.41, 5.74) is 1.91. The Morgan fingerprint density at radius 2 is 1.86 bits per heavy atom. The van der Waals surface area contributed by atoms with Gasteiger partial charge in [-0.25, -0.2) is 13.4 Å². The van der Waals surface area contributed by atoms with Crippen molar-refractivity contribution in [3.63, 3.8) is 0 Å². The molecule has 0 radical (unpaired) electrons. The lowest BCUT2D eigenvalue weighted by atomic mass is 9.94. The first kappa shape index (κ1) is 17.0. The van der Waals surface area contributed by atoms with Crippen LogP contribution in [-0.4, -0.2) is 35.1 Å². The number of aryl methyl sites for hydroxylation is 1. The number of benzene rings is 1. The van der Waals surface area contributed by atoms with Gasteiger partial charge in [0.15, 0.2) is 0 Å². The molecule has 0 aliphatic carbocycles. The zero-order valence-corrected chi connectivity index (χ0v) is 14.8. The van der Waals surface area contributed by atoms with Crippen LogP contribution in [0.4, 0.5) is 0 Å². The Morgan fingerprint density at radius 3 is 2.45 bits per heavy atom. The summed E-state index contributed by atoms with van der Waals surface area (Å²) in [6, 6.07) is 7.81. The molecule has 1 heterocycles. The summed E-state index contributed by atoms with van der Waals surface area (Å²) in [5, 5.41) is 0. The second kappa shape index (κ2) is 6.01. The zero-order valence-electron chi connectivity index (χ0n) is 14.0. The highest BCUT2D eigenvalue weighted by molar-refractivity contribution is 7.89. The number of sulfonamides is 1. The Balaban J connectivity index is 2.16. The first-order valence-corrected chi connectivity index (χ1v) is 9.05. The van der Waals surface area contributed by atoms with Gasteiger partial charge in [-0.2, -0.15) is 4.31 Å². The quantitative estimate of drug-likeness (QED) is 0.850.